The predicted molar refractivity (Wildman–Crippen MR) is 69.9 cm³/mol. The first-order valence-corrected chi connectivity index (χ1v) is 6.37. The first kappa shape index (κ1) is 12.6. The molecule has 1 atom stereocenters. The second-order valence-electron chi connectivity index (χ2n) is 4.50. The highest BCUT2D eigenvalue weighted by atomic mass is 16.2. The summed E-state index contributed by atoms with van der Waals surface area (Å²) in [5.74, 6) is 1.09. The number of fused-ring (bicyclic) bond motifs is 1. The fourth-order valence-electron chi connectivity index (χ4n) is 2.13. The first-order chi connectivity index (χ1) is 8.65. The van der Waals surface area contributed by atoms with Gasteiger partial charge in [-0.3, -0.25) is 14.8 Å². The number of aromatic amines is 3. The maximum atomic E-state index is 11.6. The second kappa shape index (κ2) is 5.20. The standard InChI is InChI=1S/C12H18N4O2/c1-3-5-6-7(4-2)9-13-8-10(14-9)15-12(18)16-11(8)17/h7H,3-6H2,1-2H3,(H3,13,14,15,16,17,18). The fraction of sp³-hybridized carbons (Fsp3) is 0.583. The molecule has 2 aromatic heterocycles. The van der Waals surface area contributed by atoms with Gasteiger partial charge in [0.1, 0.15) is 11.3 Å². The first-order valence-electron chi connectivity index (χ1n) is 6.37. The molecule has 2 aromatic rings. The molecule has 0 amide bonds. The van der Waals surface area contributed by atoms with Crippen molar-refractivity contribution in [3.63, 3.8) is 0 Å². The molecule has 0 aliphatic carbocycles. The van der Waals surface area contributed by atoms with Crippen molar-refractivity contribution < 1.29 is 0 Å². The minimum atomic E-state index is -0.521. The molecular formula is C12H18N4O2. The average molecular weight is 250 g/mol. The topological polar surface area (TPSA) is 94.4 Å². The summed E-state index contributed by atoms with van der Waals surface area (Å²) < 4.78 is 0. The smallest absolute Gasteiger partial charge is 0.327 e. The summed E-state index contributed by atoms with van der Waals surface area (Å²) in [5, 5.41) is 0. The molecule has 0 bridgehead atoms. The van der Waals surface area contributed by atoms with E-state index < -0.39 is 11.2 Å². The van der Waals surface area contributed by atoms with Crippen LogP contribution in [0.5, 0.6) is 0 Å². The van der Waals surface area contributed by atoms with Crippen molar-refractivity contribution in [2.24, 2.45) is 0 Å². The Morgan fingerprint density at radius 3 is 2.61 bits per heavy atom. The third-order valence-electron chi connectivity index (χ3n) is 3.19. The molecule has 6 nitrogen and oxygen atoms in total. The van der Waals surface area contributed by atoms with Gasteiger partial charge in [0, 0.05) is 5.92 Å². The Morgan fingerprint density at radius 2 is 1.94 bits per heavy atom. The molecule has 1 unspecified atom stereocenters. The highest BCUT2D eigenvalue weighted by Gasteiger charge is 2.15. The lowest BCUT2D eigenvalue weighted by atomic mass is 9.99. The molecule has 2 rings (SSSR count). The highest BCUT2D eigenvalue weighted by molar-refractivity contribution is 5.68. The molecule has 0 aliphatic rings. The molecule has 18 heavy (non-hydrogen) atoms. The Hall–Kier alpha value is -1.85. The van der Waals surface area contributed by atoms with E-state index in [1.165, 1.54) is 0 Å². The number of hydrogen-bond donors (Lipinski definition) is 3. The molecule has 6 heteroatoms. The van der Waals surface area contributed by atoms with E-state index in [2.05, 4.69) is 33.8 Å². The monoisotopic (exact) mass is 250 g/mol. The molecule has 0 aromatic carbocycles. The fourth-order valence-corrected chi connectivity index (χ4v) is 2.13. The van der Waals surface area contributed by atoms with Crippen LogP contribution in [0.25, 0.3) is 11.2 Å². The summed E-state index contributed by atoms with van der Waals surface area (Å²) in [6, 6.07) is 0. The van der Waals surface area contributed by atoms with Gasteiger partial charge >= 0.3 is 5.69 Å². The largest absolute Gasteiger partial charge is 0.336 e. The van der Waals surface area contributed by atoms with E-state index in [9.17, 15) is 9.59 Å². The van der Waals surface area contributed by atoms with Gasteiger partial charge in [-0.05, 0) is 12.8 Å². The Labute approximate surface area is 104 Å². The molecule has 3 N–H and O–H groups in total. The van der Waals surface area contributed by atoms with Crippen molar-refractivity contribution in [1.29, 1.82) is 0 Å². The van der Waals surface area contributed by atoms with Crippen LogP contribution < -0.4 is 11.2 Å². The molecule has 0 fully saturated rings. The van der Waals surface area contributed by atoms with Gasteiger partial charge in [-0.1, -0.05) is 26.7 Å². The van der Waals surface area contributed by atoms with Gasteiger partial charge in [-0.2, -0.15) is 0 Å². The minimum Gasteiger partial charge on any atom is -0.336 e. The zero-order valence-electron chi connectivity index (χ0n) is 10.7. The van der Waals surface area contributed by atoms with Crippen LogP contribution in [0.15, 0.2) is 9.59 Å². The average Bonchev–Trinajstić information content (AvgIpc) is 2.74. The Bertz CT molecular complexity index is 637. The SMILES string of the molecule is CCCCC(CC)c1nc2[nH]c(=O)[nH]c(=O)c2[nH]1. The third kappa shape index (κ3) is 2.37. The van der Waals surface area contributed by atoms with E-state index >= 15 is 0 Å². The molecule has 0 aliphatic heterocycles. The summed E-state index contributed by atoms with van der Waals surface area (Å²) >= 11 is 0. The Balaban J connectivity index is 2.42. The van der Waals surface area contributed by atoms with Gasteiger partial charge in [-0.15, -0.1) is 0 Å². The van der Waals surface area contributed by atoms with E-state index in [-0.39, 0.29) is 0 Å². The zero-order valence-corrected chi connectivity index (χ0v) is 10.7. The third-order valence-corrected chi connectivity index (χ3v) is 3.19. The number of hydrogen-bond acceptors (Lipinski definition) is 3. The lowest BCUT2D eigenvalue weighted by molar-refractivity contribution is 0.549. The summed E-state index contributed by atoms with van der Waals surface area (Å²) in [4.78, 5) is 34.8. The van der Waals surface area contributed by atoms with Crippen LogP contribution in [0.3, 0.4) is 0 Å². The van der Waals surface area contributed by atoms with Gasteiger partial charge in [0.2, 0.25) is 0 Å². The van der Waals surface area contributed by atoms with Crippen molar-refractivity contribution in [2.75, 3.05) is 0 Å². The molecule has 0 saturated carbocycles. The number of rotatable bonds is 5. The van der Waals surface area contributed by atoms with Gasteiger partial charge in [0.05, 0.1) is 0 Å². The number of unbranched alkanes of at least 4 members (excludes halogenated alkanes) is 1. The van der Waals surface area contributed by atoms with Crippen LogP contribution in [-0.2, 0) is 0 Å². The summed E-state index contributed by atoms with van der Waals surface area (Å²) in [6.45, 7) is 4.24. The van der Waals surface area contributed by atoms with Gasteiger partial charge < -0.3 is 4.98 Å². The van der Waals surface area contributed by atoms with Gasteiger partial charge in [0.25, 0.3) is 5.56 Å². The number of H-pyrrole nitrogens is 3. The highest BCUT2D eigenvalue weighted by Crippen LogP contribution is 2.23. The molecule has 2 heterocycles. The molecule has 98 valence electrons. The van der Waals surface area contributed by atoms with Crippen LogP contribution in [-0.4, -0.2) is 19.9 Å². The van der Waals surface area contributed by atoms with Crippen molar-refractivity contribution in [2.45, 2.75) is 45.4 Å². The van der Waals surface area contributed by atoms with E-state index in [1.807, 2.05) is 0 Å². The summed E-state index contributed by atoms with van der Waals surface area (Å²) in [7, 11) is 0. The van der Waals surface area contributed by atoms with Crippen LogP contribution in [0, 0.1) is 0 Å². The van der Waals surface area contributed by atoms with Gasteiger partial charge in [0.15, 0.2) is 5.65 Å². The normalized spacial score (nSPS) is 13.0. The molecular weight excluding hydrogens is 232 g/mol. The predicted octanol–water partition coefficient (Wildman–Crippen LogP) is 1.62. The lowest BCUT2D eigenvalue weighted by Crippen LogP contribution is -2.21. The van der Waals surface area contributed by atoms with Crippen molar-refractivity contribution >= 4 is 11.2 Å². The minimum absolute atomic E-state index is 0.306. The number of aromatic nitrogens is 4. The quantitative estimate of drug-likeness (QED) is 0.752. The molecule has 0 radical (unpaired) electrons. The van der Waals surface area contributed by atoms with Crippen molar-refractivity contribution in [1.82, 2.24) is 19.9 Å². The Kier molecular flexibility index (Phi) is 3.64. The maximum absolute atomic E-state index is 11.6. The second-order valence-corrected chi connectivity index (χ2v) is 4.50. The Morgan fingerprint density at radius 1 is 1.17 bits per heavy atom. The van der Waals surface area contributed by atoms with Crippen LogP contribution in [0.1, 0.15) is 51.3 Å². The summed E-state index contributed by atoms with van der Waals surface area (Å²) in [5.41, 5.74) is -0.252. The van der Waals surface area contributed by atoms with E-state index in [4.69, 9.17) is 0 Å². The summed E-state index contributed by atoms with van der Waals surface area (Å²) in [6.07, 6.45) is 4.26. The van der Waals surface area contributed by atoms with Crippen LogP contribution in [0.2, 0.25) is 0 Å². The van der Waals surface area contributed by atoms with Crippen molar-refractivity contribution in [3.8, 4) is 0 Å². The number of nitrogens with zero attached hydrogens (tertiary/aromatic N) is 1. The van der Waals surface area contributed by atoms with E-state index in [1.54, 1.807) is 0 Å². The molecule has 0 spiro atoms. The maximum Gasteiger partial charge on any atom is 0.327 e. The lowest BCUT2D eigenvalue weighted by Gasteiger charge is -2.10. The number of imidazole rings is 1. The van der Waals surface area contributed by atoms with E-state index in [0.717, 1.165) is 31.5 Å². The zero-order chi connectivity index (χ0) is 13.1. The van der Waals surface area contributed by atoms with Crippen molar-refractivity contribution in [3.05, 3.63) is 26.7 Å². The van der Waals surface area contributed by atoms with Gasteiger partial charge in [-0.25, -0.2) is 9.78 Å². The number of nitrogens with one attached hydrogen (secondary N) is 3. The van der Waals surface area contributed by atoms with E-state index in [0.29, 0.717) is 17.1 Å². The van der Waals surface area contributed by atoms with Crippen LogP contribution >= 0.6 is 0 Å². The van der Waals surface area contributed by atoms with Crippen LogP contribution in [0.4, 0.5) is 0 Å². The molecule has 0 saturated heterocycles.